The molecule has 0 spiro atoms. The molecule has 3 heterocycles. The van der Waals surface area contributed by atoms with Gasteiger partial charge < -0.3 is 21.1 Å². The maximum atomic E-state index is 13.7. The molecule has 7 nitrogen and oxygen atoms in total. The number of anilines is 3. The molecule has 2 atom stereocenters. The Kier molecular flexibility index (Phi) is 5.26. The van der Waals surface area contributed by atoms with E-state index < -0.39 is 0 Å². The van der Waals surface area contributed by atoms with Gasteiger partial charge in [-0.3, -0.25) is 0 Å². The van der Waals surface area contributed by atoms with E-state index in [4.69, 9.17) is 4.98 Å². The molecule has 1 saturated heterocycles. The summed E-state index contributed by atoms with van der Waals surface area (Å²) in [6.07, 6.45) is 6.03. The summed E-state index contributed by atoms with van der Waals surface area (Å²) in [5, 5.41) is 24.7. The molecular weight excluding hydrogens is 383 g/mol. The van der Waals surface area contributed by atoms with Crippen LogP contribution >= 0.6 is 0 Å². The Morgan fingerprint density at radius 3 is 2.90 bits per heavy atom. The van der Waals surface area contributed by atoms with E-state index in [1.54, 1.807) is 10.6 Å². The van der Waals surface area contributed by atoms with Gasteiger partial charge >= 0.3 is 0 Å². The minimum Gasteiger partial charge on any atom is -0.391 e. The topological polar surface area (TPSA) is 86.5 Å². The largest absolute Gasteiger partial charge is 0.391 e. The first-order chi connectivity index (χ1) is 14.7. The highest BCUT2D eigenvalue weighted by atomic mass is 19.1. The molecule has 158 valence electrons. The van der Waals surface area contributed by atoms with Crippen molar-refractivity contribution in [2.75, 3.05) is 30.3 Å². The van der Waals surface area contributed by atoms with Crippen LogP contribution in [0.3, 0.4) is 0 Å². The lowest BCUT2D eigenvalue weighted by atomic mass is 9.81. The first-order valence-corrected chi connectivity index (χ1v) is 10.7. The Labute approximate surface area is 174 Å². The predicted octanol–water partition coefficient (Wildman–Crippen LogP) is 3.26. The molecule has 0 unspecified atom stereocenters. The highest BCUT2D eigenvalue weighted by Crippen LogP contribution is 2.38. The number of halogens is 1. The zero-order valence-corrected chi connectivity index (χ0v) is 16.8. The van der Waals surface area contributed by atoms with Gasteiger partial charge in [-0.1, -0.05) is 12.5 Å². The lowest BCUT2D eigenvalue weighted by molar-refractivity contribution is 0.0883. The van der Waals surface area contributed by atoms with Crippen LogP contribution in [0.25, 0.3) is 5.65 Å². The quantitative estimate of drug-likeness (QED) is 0.499. The van der Waals surface area contributed by atoms with Gasteiger partial charge in [0.2, 0.25) is 0 Å². The number of benzene rings is 1. The van der Waals surface area contributed by atoms with Crippen molar-refractivity contribution in [1.29, 1.82) is 0 Å². The molecular formula is C22H27FN6O. The highest BCUT2D eigenvalue weighted by molar-refractivity contribution is 5.66. The minimum absolute atomic E-state index is 0.180. The third-order valence-corrected chi connectivity index (χ3v) is 6.28. The highest BCUT2D eigenvalue weighted by Gasteiger charge is 2.26. The van der Waals surface area contributed by atoms with Crippen LogP contribution in [0.5, 0.6) is 0 Å². The van der Waals surface area contributed by atoms with Crippen molar-refractivity contribution >= 4 is 23.0 Å². The molecule has 1 aliphatic heterocycles. The van der Waals surface area contributed by atoms with Gasteiger partial charge in [0.05, 0.1) is 12.3 Å². The number of nitrogens with one attached hydrogen (secondary N) is 3. The van der Waals surface area contributed by atoms with Gasteiger partial charge in [-0.25, -0.2) is 9.37 Å². The lowest BCUT2D eigenvalue weighted by Gasteiger charge is -2.28. The van der Waals surface area contributed by atoms with Crippen molar-refractivity contribution in [2.24, 2.45) is 5.92 Å². The molecule has 1 saturated carbocycles. The number of nitrogens with zero attached hydrogens (tertiary/aromatic N) is 3. The Bertz CT molecular complexity index is 1030. The number of hydrogen-bond acceptors (Lipinski definition) is 6. The van der Waals surface area contributed by atoms with Gasteiger partial charge in [-0.05, 0) is 49.9 Å². The van der Waals surface area contributed by atoms with Gasteiger partial charge in [0.1, 0.15) is 17.5 Å². The molecule has 2 fully saturated rings. The molecule has 2 aromatic heterocycles. The summed E-state index contributed by atoms with van der Waals surface area (Å²) in [6, 6.07) is 8.28. The summed E-state index contributed by atoms with van der Waals surface area (Å²) in [5.41, 5.74) is 2.64. The molecule has 5 rings (SSSR count). The molecule has 8 heteroatoms. The van der Waals surface area contributed by atoms with Crippen LogP contribution in [-0.4, -0.2) is 45.4 Å². The molecule has 30 heavy (non-hydrogen) atoms. The second kappa shape index (κ2) is 8.20. The summed E-state index contributed by atoms with van der Waals surface area (Å²) in [6.45, 7) is 2.19. The van der Waals surface area contributed by atoms with E-state index in [-0.39, 0.29) is 17.8 Å². The van der Waals surface area contributed by atoms with Crippen molar-refractivity contribution in [2.45, 2.75) is 37.7 Å². The monoisotopic (exact) mass is 410 g/mol. The van der Waals surface area contributed by atoms with Crippen LogP contribution in [0.1, 0.15) is 37.2 Å². The smallest absolute Gasteiger partial charge is 0.163 e. The van der Waals surface area contributed by atoms with Crippen LogP contribution < -0.4 is 16.0 Å². The average molecular weight is 410 g/mol. The Morgan fingerprint density at radius 2 is 2.13 bits per heavy atom. The summed E-state index contributed by atoms with van der Waals surface area (Å²) >= 11 is 0. The van der Waals surface area contributed by atoms with Crippen molar-refractivity contribution in [3.63, 3.8) is 0 Å². The van der Waals surface area contributed by atoms with Gasteiger partial charge in [0, 0.05) is 36.3 Å². The van der Waals surface area contributed by atoms with Gasteiger partial charge in [-0.15, -0.1) is 0 Å². The van der Waals surface area contributed by atoms with E-state index in [1.165, 1.54) is 18.6 Å². The summed E-state index contributed by atoms with van der Waals surface area (Å²) in [5.74, 6) is 1.84. The van der Waals surface area contributed by atoms with E-state index in [0.29, 0.717) is 24.7 Å². The molecule has 0 bridgehead atoms. The maximum absolute atomic E-state index is 13.7. The molecule has 0 radical (unpaired) electrons. The average Bonchev–Trinajstić information content (AvgIpc) is 3.10. The zero-order chi connectivity index (χ0) is 20.5. The zero-order valence-electron chi connectivity index (χ0n) is 16.8. The third-order valence-electron chi connectivity index (χ3n) is 6.28. The Morgan fingerprint density at radius 1 is 1.23 bits per heavy atom. The number of hydrogen-bond donors (Lipinski definition) is 4. The first kappa shape index (κ1) is 19.3. The Balaban J connectivity index is 1.46. The number of piperidine rings is 1. The van der Waals surface area contributed by atoms with Crippen molar-refractivity contribution in [3.05, 3.63) is 47.9 Å². The van der Waals surface area contributed by atoms with E-state index in [2.05, 4.69) is 21.0 Å². The second-order valence-electron chi connectivity index (χ2n) is 8.33. The summed E-state index contributed by atoms with van der Waals surface area (Å²) < 4.78 is 15.5. The van der Waals surface area contributed by atoms with E-state index in [0.717, 1.165) is 48.7 Å². The minimum atomic E-state index is -0.361. The second-order valence-corrected chi connectivity index (χ2v) is 8.33. The number of β-amino-alcohol motifs (C(OH)–C–C–N with tert-alkyl or cyclic N) is 1. The normalized spacial score (nSPS) is 22.1. The number of aliphatic hydroxyl groups excluding tert-OH is 1. The van der Waals surface area contributed by atoms with Gasteiger partial charge in [0.25, 0.3) is 0 Å². The fraction of sp³-hybridized carbons (Fsp3) is 0.455. The van der Waals surface area contributed by atoms with Crippen LogP contribution in [0, 0.1) is 11.7 Å². The van der Waals surface area contributed by atoms with Crippen molar-refractivity contribution in [1.82, 2.24) is 19.9 Å². The van der Waals surface area contributed by atoms with Gasteiger partial charge in [-0.2, -0.15) is 9.61 Å². The van der Waals surface area contributed by atoms with Gasteiger partial charge in [0.15, 0.2) is 5.65 Å². The summed E-state index contributed by atoms with van der Waals surface area (Å²) in [4.78, 5) is 4.85. The first-order valence-electron chi connectivity index (χ1n) is 10.7. The van der Waals surface area contributed by atoms with Crippen LogP contribution in [0.4, 0.5) is 21.7 Å². The lowest BCUT2D eigenvalue weighted by Crippen LogP contribution is -2.43. The number of aromatic nitrogens is 3. The number of rotatable bonds is 6. The van der Waals surface area contributed by atoms with Crippen LogP contribution in [-0.2, 0) is 0 Å². The standard InChI is InChI=1S/C22H27FN6O/c23-16-5-2-6-17(9-16)27-21-10-20(25-11-15-7-8-24-13-19(15)30)28-22-18(12-26-29(21)22)14-3-1-4-14/h2,5-6,9-10,12,14-15,19,24,27,30H,1,3-4,7-8,11,13H2,(H,25,28)/t15-,19+/m1/s1. The van der Waals surface area contributed by atoms with Crippen molar-refractivity contribution < 1.29 is 9.50 Å². The molecule has 1 aromatic carbocycles. The SMILES string of the molecule is O[C@H]1CNCC[C@@H]1CNc1cc(Nc2cccc(F)c2)n2ncc(C3CCC3)c2n1. The molecule has 3 aromatic rings. The fourth-order valence-electron chi connectivity index (χ4n) is 4.25. The van der Waals surface area contributed by atoms with E-state index >= 15 is 0 Å². The molecule has 4 N–H and O–H groups in total. The van der Waals surface area contributed by atoms with Crippen molar-refractivity contribution in [3.8, 4) is 0 Å². The Hall–Kier alpha value is -2.71. The van der Waals surface area contributed by atoms with Crippen LogP contribution in [0.15, 0.2) is 36.5 Å². The molecule has 1 aliphatic carbocycles. The number of aliphatic hydroxyl groups is 1. The predicted molar refractivity (Wildman–Crippen MR) is 115 cm³/mol. The number of fused-ring (bicyclic) bond motifs is 1. The van der Waals surface area contributed by atoms with E-state index in [1.807, 2.05) is 18.3 Å². The molecule has 2 aliphatic rings. The maximum Gasteiger partial charge on any atom is 0.163 e. The fourth-order valence-corrected chi connectivity index (χ4v) is 4.25. The van der Waals surface area contributed by atoms with Crippen LogP contribution in [0.2, 0.25) is 0 Å². The molecule has 0 amide bonds. The third kappa shape index (κ3) is 3.85. The van der Waals surface area contributed by atoms with E-state index in [9.17, 15) is 9.50 Å². The summed E-state index contributed by atoms with van der Waals surface area (Å²) in [7, 11) is 0.